The fourth-order valence-corrected chi connectivity index (χ4v) is 4.04. The van der Waals surface area contributed by atoms with Crippen LogP contribution in [0.1, 0.15) is 68.1 Å². The van der Waals surface area contributed by atoms with Gasteiger partial charge < -0.3 is 4.74 Å². The van der Waals surface area contributed by atoms with Crippen LogP contribution in [0.3, 0.4) is 0 Å². The van der Waals surface area contributed by atoms with E-state index in [2.05, 4.69) is 19.1 Å². The second kappa shape index (κ2) is 9.69. The number of ether oxygens (including phenoxy) is 1. The minimum absolute atomic E-state index is 0.0364. The summed E-state index contributed by atoms with van der Waals surface area (Å²) in [6, 6.07) is 14.2. The van der Waals surface area contributed by atoms with Gasteiger partial charge in [0.2, 0.25) is 0 Å². The highest BCUT2D eigenvalue weighted by molar-refractivity contribution is 5.35. The van der Waals surface area contributed by atoms with Crippen molar-refractivity contribution in [2.24, 2.45) is 5.92 Å². The average molecular weight is 395 g/mol. The Balaban J connectivity index is 1.58. The molecular weight excluding hydrogens is 368 g/mol. The van der Waals surface area contributed by atoms with E-state index in [0.29, 0.717) is 11.5 Å². The molecule has 0 radical (unpaired) electrons. The van der Waals surface area contributed by atoms with Gasteiger partial charge in [0.1, 0.15) is 5.75 Å². The third kappa shape index (κ3) is 5.67. The predicted octanol–water partition coefficient (Wildman–Crippen LogP) is 7.32. The molecule has 152 valence electrons. The van der Waals surface area contributed by atoms with Gasteiger partial charge in [-0.15, -0.1) is 0 Å². The van der Waals surface area contributed by atoms with E-state index in [0.717, 1.165) is 30.7 Å². The Labute approximate surface area is 171 Å². The lowest BCUT2D eigenvalue weighted by molar-refractivity contribution is -0.185. The van der Waals surface area contributed by atoms with Crippen LogP contribution in [-0.4, -0.2) is 0 Å². The van der Waals surface area contributed by atoms with Crippen LogP contribution in [0.25, 0.3) is 0 Å². The maximum atomic E-state index is 14.5. The van der Waals surface area contributed by atoms with E-state index in [1.54, 1.807) is 0 Å². The summed E-state index contributed by atoms with van der Waals surface area (Å²) >= 11 is 0. The number of hydrogen-bond donors (Lipinski definition) is 0. The first-order valence-electron chi connectivity index (χ1n) is 10.3. The Morgan fingerprint density at radius 1 is 1.03 bits per heavy atom. The van der Waals surface area contributed by atoms with Gasteiger partial charge in [0.25, 0.3) is 0 Å². The van der Waals surface area contributed by atoms with E-state index in [-0.39, 0.29) is 11.3 Å². The molecule has 0 spiro atoms. The minimum Gasteiger partial charge on any atom is -0.429 e. The third-order valence-corrected chi connectivity index (χ3v) is 5.77. The SMILES string of the molecule is CC=CCCC1CCC(c2ccc(C(F)(F)Oc3ccc(C#N)cc3)cc2)CC1. The maximum Gasteiger partial charge on any atom is 0.426 e. The number of allylic oxidation sites excluding steroid dienone is 2. The monoisotopic (exact) mass is 395 g/mol. The highest BCUT2D eigenvalue weighted by Crippen LogP contribution is 2.39. The molecule has 0 heterocycles. The molecule has 0 aliphatic heterocycles. The molecule has 3 rings (SSSR count). The van der Waals surface area contributed by atoms with E-state index in [4.69, 9.17) is 10.00 Å². The van der Waals surface area contributed by atoms with Gasteiger partial charge in [-0.1, -0.05) is 24.3 Å². The maximum absolute atomic E-state index is 14.5. The van der Waals surface area contributed by atoms with Crippen LogP contribution in [0.15, 0.2) is 60.7 Å². The Morgan fingerprint density at radius 2 is 1.69 bits per heavy atom. The van der Waals surface area contributed by atoms with Gasteiger partial charge in [0, 0.05) is 0 Å². The van der Waals surface area contributed by atoms with Gasteiger partial charge in [-0.05, 0) is 99.2 Å². The summed E-state index contributed by atoms with van der Waals surface area (Å²) in [5, 5.41) is 8.79. The fourth-order valence-electron chi connectivity index (χ4n) is 4.04. The van der Waals surface area contributed by atoms with Crippen LogP contribution in [0, 0.1) is 17.2 Å². The van der Waals surface area contributed by atoms with E-state index in [9.17, 15) is 8.78 Å². The molecule has 0 aromatic heterocycles. The zero-order chi connectivity index (χ0) is 20.7. The molecule has 1 saturated carbocycles. The van der Waals surface area contributed by atoms with Crippen LogP contribution in [0.4, 0.5) is 8.78 Å². The molecule has 1 aliphatic rings. The Hall–Kier alpha value is -2.67. The second-order valence-electron chi connectivity index (χ2n) is 7.74. The highest BCUT2D eigenvalue weighted by Gasteiger charge is 2.34. The summed E-state index contributed by atoms with van der Waals surface area (Å²) in [7, 11) is 0. The number of hydrogen-bond acceptors (Lipinski definition) is 2. The van der Waals surface area contributed by atoms with Crippen LogP contribution in [0.5, 0.6) is 5.75 Å². The van der Waals surface area contributed by atoms with Crippen LogP contribution >= 0.6 is 0 Å². The highest BCUT2D eigenvalue weighted by atomic mass is 19.3. The summed E-state index contributed by atoms with van der Waals surface area (Å²) in [6.45, 7) is 2.06. The zero-order valence-electron chi connectivity index (χ0n) is 16.8. The van der Waals surface area contributed by atoms with Crippen molar-refractivity contribution in [3.63, 3.8) is 0 Å². The summed E-state index contributed by atoms with van der Waals surface area (Å²) in [5.41, 5.74) is 1.38. The van der Waals surface area contributed by atoms with Crippen molar-refractivity contribution in [1.82, 2.24) is 0 Å². The van der Waals surface area contributed by atoms with E-state index in [1.165, 1.54) is 55.7 Å². The summed E-state index contributed by atoms with van der Waals surface area (Å²) < 4.78 is 33.9. The van der Waals surface area contributed by atoms with Gasteiger partial charge in [-0.2, -0.15) is 14.0 Å². The minimum atomic E-state index is -3.42. The Kier molecular flexibility index (Phi) is 7.04. The molecule has 1 fully saturated rings. The zero-order valence-corrected chi connectivity index (χ0v) is 16.8. The normalized spacial score (nSPS) is 19.8. The van der Waals surface area contributed by atoms with Gasteiger partial charge in [-0.25, -0.2) is 0 Å². The van der Waals surface area contributed by atoms with Crippen molar-refractivity contribution in [3.05, 3.63) is 77.4 Å². The Morgan fingerprint density at radius 3 is 2.28 bits per heavy atom. The quantitative estimate of drug-likeness (QED) is 0.460. The molecule has 29 heavy (non-hydrogen) atoms. The molecule has 2 aromatic carbocycles. The van der Waals surface area contributed by atoms with Gasteiger partial charge in [0.15, 0.2) is 0 Å². The van der Waals surface area contributed by atoms with Gasteiger partial charge >= 0.3 is 6.11 Å². The van der Waals surface area contributed by atoms with Crippen molar-refractivity contribution in [2.45, 2.75) is 57.5 Å². The Bertz CT molecular complexity index is 842. The molecule has 0 atom stereocenters. The van der Waals surface area contributed by atoms with E-state index < -0.39 is 6.11 Å². The molecule has 4 heteroatoms. The molecular formula is C25H27F2NO. The molecule has 0 saturated heterocycles. The predicted molar refractivity (Wildman–Crippen MR) is 111 cm³/mol. The van der Waals surface area contributed by atoms with Gasteiger partial charge in [0.05, 0.1) is 17.2 Å². The van der Waals surface area contributed by atoms with E-state index >= 15 is 0 Å². The molecule has 2 aromatic rings. The van der Waals surface area contributed by atoms with Crippen molar-refractivity contribution in [3.8, 4) is 11.8 Å². The third-order valence-electron chi connectivity index (χ3n) is 5.77. The first-order chi connectivity index (χ1) is 14.0. The molecule has 2 nitrogen and oxygen atoms in total. The number of alkyl halides is 2. The summed E-state index contributed by atoms with van der Waals surface area (Å²) in [5.74, 6) is 1.27. The first-order valence-corrected chi connectivity index (χ1v) is 10.3. The van der Waals surface area contributed by atoms with Crippen LogP contribution in [0.2, 0.25) is 0 Å². The smallest absolute Gasteiger partial charge is 0.426 e. The lowest BCUT2D eigenvalue weighted by Crippen LogP contribution is -2.22. The van der Waals surface area contributed by atoms with Crippen LogP contribution < -0.4 is 4.74 Å². The first kappa shape index (κ1) is 21.0. The number of nitrogens with zero attached hydrogens (tertiary/aromatic N) is 1. The standard InChI is InChI=1S/C25H27F2NO/c1-2-3-4-5-19-6-10-21(11-7-19)22-12-14-23(15-13-22)25(26,27)29-24-16-8-20(18-28)9-17-24/h2-3,8-9,12-17,19,21H,4-7,10-11H2,1H3. The lowest BCUT2D eigenvalue weighted by atomic mass is 9.77. The molecule has 1 aliphatic carbocycles. The number of halogens is 2. The fraction of sp³-hybridized carbons (Fsp3) is 0.400. The average Bonchev–Trinajstić information content (AvgIpc) is 2.75. The molecule has 0 unspecified atom stereocenters. The van der Waals surface area contributed by atoms with Gasteiger partial charge in [-0.3, -0.25) is 0 Å². The molecule has 0 bridgehead atoms. The topological polar surface area (TPSA) is 33.0 Å². The number of rotatable bonds is 7. The van der Waals surface area contributed by atoms with E-state index in [1.807, 2.05) is 18.2 Å². The number of benzene rings is 2. The largest absolute Gasteiger partial charge is 0.429 e. The van der Waals surface area contributed by atoms with Crippen molar-refractivity contribution < 1.29 is 13.5 Å². The second-order valence-corrected chi connectivity index (χ2v) is 7.74. The lowest BCUT2D eigenvalue weighted by Gasteiger charge is -2.29. The molecule has 0 N–H and O–H groups in total. The summed E-state index contributed by atoms with van der Waals surface area (Å²) in [4.78, 5) is 0. The van der Waals surface area contributed by atoms with Crippen molar-refractivity contribution >= 4 is 0 Å². The number of nitriles is 1. The van der Waals surface area contributed by atoms with Crippen molar-refractivity contribution in [2.75, 3.05) is 0 Å². The van der Waals surface area contributed by atoms with Crippen molar-refractivity contribution in [1.29, 1.82) is 5.26 Å². The summed E-state index contributed by atoms with van der Waals surface area (Å²) in [6.07, 6.45) is 7.97. The van der Waals surface area contributed by atoms with Crippen LogP contribution in [-0.2, 0) is 6.11 Å². The molecule has 0 amide bonds.